The van der Waals surface area contributed by atoms with Gasteiger partial charge in [-0.15, -0.1) is 5.10 Å². The zero-order valence-electron chi connectivity index (χ0n) is 18.3. The van der Waals surface area contributed by atoms with Crippen LogP contribution in [0.4, 0.5) is 0 Å². The second-order valence-electron chi connectivity index (χ2n) is 6.91. The van der Waals surface area contributed by atoms with Gasteiger partial charge in [-0.3, -0.25) is 14.4 Å². The van der Waals surface area contributed by atoms with Gasteiger partial charge in [0.25, 0.3) is 5.91 Å². The zero-order chi connectivity index (χ0) is 23.4. The molecule has 0 aliphatic carbocycles. The van der Waals surface area contributed by atoms with Gasteiger partial charge in [0.1, 0.15) is 0 Å². The van der Waals surface area contributed by atoms with Crippen LogP contribution < -0.4 is 40.6 Å². The molecule has 12 heteroatoms. The first-order valence-corrected chi connectivity index (χ1v) is 10.2. The number of aromatic nitrogens is 3. The van der Waals surface area contributed by atoms with E-state index in [9.17, 15) is 14.4 Å². The molecule has 0 saturated heterocycles. The number of halogens is 2. The number of nitrogens with two attached hydrogens (primary N) is 1. The van der Waals surface area contributed by atoms with Crippen molar-refractivity contribution in [1.82, 2.24) is 25.0 Å². The average Bonchev–Trinajstić information content (AvgIpc) is 3.20. The number of rotatable bonds is 7. The number of hydrogen-bond acceptors (Lipinski definition) is 6. The van der Waals surface area contributed by atoms with Gasteiger partial charge in [-0.2, -0.15) is 0 Å². The van der Waals surface area contributed by atoms with E-state index >= 15 is 0 Å². The SMILES string of the molecule is CN(C)C(=O)c1nc(CNC(=O)CN)n(-c2ccc(Cl)cc2C(=O)c2ccccc2Cl)n1.[Na+]. The van der Waals surface area contributed by atoms with Gasteiger partial charge >= 0.3 is 29.6 Å². The summed E-state index contributed by atoms with van der Waals surface area (Å²) in [4.78, 5) is 43.0. The summed E-state index contributed by atoms with van der Waals surface area (Å²) < 4.78 is 1.33. The van der Waals surface area contributed by atoms with E-state index in [1.54, 1.807) is 50.5 Å². The van der Waals surface area contributed by atoms with E-state index in [1.165, 1.54) is 15.6 Å². The van der Waals surface area contributed by atoms with E-state index in [-0.39, 0.29) is 76.2 Å². The maximum Gasteiger partial charge on any atom is 1.00 e. The summed E-state index contributed by atoms with van der Waals surface area (Å²) in [5.74, 6) is -1.11. The molecule has 0 radical (unpaired) electrons. The molecule has 0 atom stereocenters. The maximum absolute atomic E-state index is 13.3. The van der Waals surface area contributed by atoms with Crippen molar-refractivity contribution in [2.24, 2.45) is 5.73 Å². The summed E-state index contributed by atoms with van der Waals surface area (Å²) in [5, 5.41) is 7.50. The molecule has 0 unspecified atom stereocenters. The molecule has 3 rings (SSSR count). The smallest absolute Gasteiger partial charge is 0.348 e. The van der Waals surface area contributed by atoms with Crippen LogP contribution in [0.2, 0.25) is 10.0 Å². The van der Waals surface area contributed by atoms with Gasteiger partial charge in [-0.25, -0.2) is 9.67 Å². The minimum absolute atomic E-state index is 0. The Morgan fingerprint density at radius 2 is 1.79 bits per heavy atom. The average molecular weight is 498 g/mol. The van der Waals surface area contributed by atoms with Crippen LogP contribution in [0.25, 0.3) is 5.69 Å². The standard InChI is InChI=1S/C21H20Cl2N6O3.Na/c1-28(2)21(32)20-26-17(11-25-18(30)10-24)29(27-20)16-8-7-12(22)9-14(16)19(31)13-5-3-4-6-15(13)23;/h3-9H,10-11,24H2,1-2H3,(H,25,30);/q;+1. The van der Waals surface area contributed by atoms with Gasteiger partial charge in [-0.1, -0.05) is 35.3 Å². The zero-order valence-corrected chi connectivity index (χ0v) is 21.8. The van der Waals surface area contributed by atoms with Crippen molar-refractivity contribution in [2.45, 2.75) is 6.54 Å². The number of nitrogens with zero attached hydrogens (tertiary/aromatic N) is 4. The van der Waals surface area contributed by atoms with Gasteiger partial charge in [0, 0.05) is 30.2 Å². The molecule has 0 saturated carbocycles. The fourth-order valence-corrected chi connectivity index (χ4v) is 3.25. The number of hydrogen-bond donors (Lipinski definition) is 2. The van der Waals surface area contributed by atoms with Crippen molar-refractivity contribution in [2.75, 3.05) is 20.6 Å². The van der Waals surface area contributed by atoms with Gasteiger partial charge in [0.05, 0.1) is 23.8 Å². The summed E-state index contributed by atoms with van der Waals surface area (Å²) >= 11 is 12.4. The molecule has 0 bridgehead atoms. The Hall–Kier alpha value is -2.27. The van der Waals surface area contributed by atoms with Crippen molar-refractivity contribution < 1.29 is 43.9 Å². The van der Waals surface area contributed by atoms with E-state index < -0.39 is 11.8 Å². The summed E-state index contributed by atoms with van der Waals surface area (Å²) in [6.07, 6.45) is 0. The third kappa shape index (κ3) is 6.20. The van der Waals surface area contributed by atoms with Crippen molar-refractivity contribution in [3.63, 3.8) is 0 Å². The summed E-state index contributed by atoms with van der Waals surface area (Å²) in [7, 11) is 3.13. The first-order chi connectivity index (χ1) is 15.2. The Labute approximate surface area is 222 Å². The van der Waals surface area contributed by atoms with Crippen molar-refractivity contribution in [3.05, 3.63) is 75.3 Å². The Balaban J connectivity index is 0.00000385. The van der Waals surface area contributed by atoms with Gasteiger partial charge in [0.2, 0.25) is 11.7 Å². The molecule has 0 fully saturated rings. The number of carbonyl (C=O) groups excluding carboxylic acids is 3. The monoisotopic (exact) mass is 497 g/mol. The molecule has 1 aromatic heterocycles. The molecule has 0 spiro atoms. The minimum atomic E-state index is -0.442. The number of nitrogens with one attached hydrogen (secondary N) is 1. The quantitative estimate of drug-likeness (QED) is 0.321. The Kier molecular flexibility index (Phi) is 9.59. The molecular weight excluding hydrogens is 478 g/mol. The Bertz CT molecular complexity index is 1200. The van der Waals surface area contributed by atoms with Crippen LogP contribution >= 0.6 is 23.2 Å². The molecule has 166 valence electrons. The molecule has 3 N–H and O–H groups in total. The third-order valence-corrected chi connectivity index (χ3v) is 5.02. The van der Waals surface area contributed by atoms with E-state index in [0.717, 1.165) is 0 Å². The Morgan fingerprint density at radius 3 is 2.42 bits per heavy atom. The van der Waals surface area contributed by atoms with Crippen molar-refractivity contribution in [1.29, 1.82) is 0 Å². The molecule has 3 aromatic rings. The predicted molar refractivity (Wildman–Crippen MR) is 120 cm³/mol. The fraction of sp³-hybridized carbons (Fsp3) is 0.190. The molecule has 2 amide bonds. The van der Waals surface area contributed by atoms with E-state index in [0.29, 0.717) is 10.7 Å². The van der Waals surface area contributed by atoms with Gasteiger partial charge in [0.15, 0.2) is 11.6 Å². The molecule has 0 aliphatic heterocycles. The van der Waals surface area contributed by atoms with E-state index in [1.807, 2.05) is 0 Å². The van der Waals surface area contributed by atoms with Crippen LogP contribution in [-0.4, -0.2) is 57.9 Å². The number of benzene rings is 2. The topological polar surface area (TPSA) is 123 Å². The summed E-state index contributed by atoms with van der Waals surface area (Å²) in [6, 6.07) is 11.3. The summed E-state index contributed by atoms with van der Waals surface area (Å²) in [6.45, 7) is -0.277. The van der Waals surface area contributed by atoms with Gasteiger partial charge < -0.3 is 16.0 Å². The maximum atomic E-state index is 13.3. The van der Waals surface area contributed by atoms with Crippen LogP contribution in [0, 0.1) is 0 Å². The molecule has 33 heavy (non-hydrogen) atoms. The first kappa shape index (κ1) is 27.0. The van der Waals surface area contributed by atoms with Crippen LogP contribution in [0.15, 0.2) is 42.5 Å². The van der Waals surface area contributed by atoms with Crippen LogP contribution in [0.1, 0.15) is 32.4 Å². The predicted octanol–water partition coefficient (Wildman–Crippen LogP) is -0.914. The van der Waals surface area contributed by atoms with Crippen LogP contribution in [-0.2, 0) is 11.3 Å². The number of amides is 2. The summed E-state index contributed by atoms with van der Waals surface area (Å²) in [5.41, 5.74) is 6.15. The number of carbonyl (C=O) groups is 3. The van der Waals surface area contributed by atoms with E-state index in [2.05, 4.69) is 15.4 Å². The Morgan fingerprint density at radius 1 is 1.09 bits per heavy atom. The minimum Gasteiger partial charge on any atom is -0.348 e. The fourth-order valence-electron chi connectivity index (χ4n) is 2.86. The number of ketones is 1. The molecular formula is C21H20Cl2N6NaO3+. The second kappa shape index (κ2) is 11.7. The molecule has 1 heterocycles. The van der Waals surface area contributed by atoms with Crippen LogP contribution in [0.5, 0.6) is 0 Å². The van der Waals surface area contributed by atoms with Crippen molar-refractivity contribution >= 4 is 40.8 Å². The van der Waals surface area contributed by atoms with E-state index in [4.69, 9.17) is 28.9 Å². The molecule has 0 aliphatic rings. The largest absolute Gasteiger partial charge is 1.00 e. The molecule has 2 aromatic carbocycles. The normalized spacial score (nSPS) is 10.3. The second-order valence-corrected chi connectivity index (χ2v) is 7.76. The van der Waals surface area contributed by atoms with Crippen LogP contribution in [0.3, 0.4) is 0 Å². The third-order valence-electron chi connectivity index (χ3n) is 4.45. The van der Waals surface area contributed by atoms with Crippen molar-refractivity contribution in [3.8, 4) is 5.69 Å². The van der Waals surface area contributed by atoms with Gasteiger partial charge in [-0.05, 0) is 30.3 Å². The first-order valence-electron chi connectivity index (χ1n) is 9.46. The molecule has 9 nitrogen and oxygen atoms in total.